The van der Waals surface area contributed by atoms with Crippen LogP contribution in [0.5, 0.6) is 0 Å². The van der Waals surface area contributed by atoms with E-state index in [0.717, 1.165) is 30.8 Å². The van der Waals surface area contributed by atoms with Gasteiger partial charge in [0.1, 0.15) is 5.82 Å². The number of halogens is 1. The van der Waals surface area contributed by atoms with Gasteiger partial charge in [-0.25, -0.2) is 4.39 Å². The number of nitrogens with two attached hydrogens (primary N) is 1. The SMILES string of the molecule is Cc1cc(N2CCC(CO)C2)c([C@@H](C)N)cc1F. The molecule has 4 heteroatoms. The number of anilines is 1. The van der Waals surface area contributed by atoms with Crippen LogP contribution in [0.15, 0.2) is 12.1 Å². The Morgan fingerprint density at radius 2 is 2.28 bits per heavy atom. The number of rotatable bonds is 3. The Morgan fingerprint density at radius 1 is 1.56 bits per heavy atom. The molecular weight excluding hydrogens is 231 g/mol. The molecule has 3 N–H and O–H groups in total. The van der Waals surface area contributed by atoms with Gasteiger partial charge in [-0.3, -0.25) is 0 Å². The second-order valence-corrected chi connectivity index (χ2v) is 5.23. The van der Waals surface area contributed by atoms with Gasteiger partial charge in [0.2, 0.25) is 0 Å². The molecule has 1 aliphatic heterocycles. The third-order valence-corrected chi connectivity index (χ3v) is 3.68. The number of aliphatic hydroxyl groups is 1. The van der Waals surface area contributed by atoms with Gasteiger partial charge in [-0.1, -0.05) is 0 Å². The first-order chi connectivity index (χ1) is 8.52. The van der Waals surface area contributed by atoms with Gasteiger partial charge in [-0.2, -0.15) is 0 Å². The van der Waals surface area contributed by atoms with Gasteiger partial charge in [-0.15, -0.1) is 0 Å². The third kappa shape index (κ3) is 2.49. The van der Waals surface area contributed by atoms with Crippen LogP contribution in [-0.2, 0) is 0 Å². The Bertz CT molecular complexity index is 434. The molecule has 1 unspecified atom stereocenters. The maximum absolute atomic E-state index is 13.6. The largest absolute Gasteiger partial charge is 0.396 e. The molecule has 0 bridgehead atoms. The predicted molar refractivity (Wildman–Crippen MR) is 71.1 cm³/mol. The molecule has 3 nitrogen and oxygen atoms in total. The monoisotopic (exact) mass is 252 g/mol. The van der Waals surface area contributed by atoms with Gasteiger partial charge in [0.15, 0.2) is 0 Å². The fraction of sp³-hybridized carbons (Fsp3) is 0.571. The maximum atomic E-state index is 13.6. The van der Waals surface area contributed by atoms with Crippen LogP contribution >= 0.6 is 0 Å². The van der Waals surface area contributed by atoms with Gasteiger partial charge in [0.05, 0.1) is 0 Å². The molecule has 2 atom stereocenters. The van der Waals surface area contributed by atoms with Crippen LogP contribution in [0.1, 0.15) is 30.5 Å². The number of aryl methyl sites for hydroxylation is 1. The highest BCUT2D eigenvalue weighted by Gasteiger charge is 2.25. The summed E-state index contributed by atoms with van der Waals surface area (Å²) in [4.78, 5) is 2.20. The Balaban J connectivity index is 2.34. The summed E-state index contributed by atoms with van der Waals surface area (Å²) in [5, 5.41) is 9.20. The van der Waals surface area contributed by atoms with Crippen LogP contribution in [0, 0.1) is 18.7 Å². The van der Waals surface area contributed by atoms with E-state index in [2.05, 4.69) is 4.90 Å². The fourth-order valence-electron chi connectivity index (χ4n) is 2.52. The molecule has 1 aromatic carbocycles. The van der Waals surface area contributed by atoms with E-state index in [1.165, 1.54) is 0 Å². The van der Waals surface area contributed by atoms with E-state index >= 15 is 0 Å². The van der Waals surface area contributed by atoms with E-state index in [0.29, 0.717) is 11.5 Å². The summed E-state index contributed by atoms with van der Waals surface area (Å²) < 4.78 is 13.6. The topological polar surface area (TPSA) is 49.5 Å². The quantitative estimate of drug-likeness (QED) is 0.864. The lowest BCUT2D eigenvalue weighted by atomic mass is 10.0. The van der Waals surface area contributed by atoms with E-state index in [-0.39, 0.29) is 18.5 Å². The Labute approximate surface area is 107 Å². The smallest absolute Gasteiger partial charge is 0.126 e. The summed E-state index contributed by atoms with van der Waals surface area (Å²) in [6.07, 6.45) is 0.977. The normalized spacial score (nSPS) is 21.4. The first-order valence-electron chi connectivity index (χ1n) is 6.44. The van der Waals surface area contributed by atoms with Crippen LogP contribution in [0.25, 0.3) is 0 Å². The highest BCUT2D eigenvalue weighted by atomic mass is 19.1. The summed E-state index contributed by atoms with van der Waals surface area (Å²) in [6.45, 7) is 5.57. The third-order valence-electron chi connectivity index (χ3n) is 3.68. The molecule has 100 valence electrons. The van der Waals surface area contributed by atoms with Crippen molar-refractivity contribution in [2.45, 2.75) is 26.3 Å². The Hall–Kier alpha value is -1.13. The zero-order chi connectivity index (χ0) is 13.3. The molecule has 0 radical (unpaired) electrons. The van der Waals surface area contributed by atoms with Crippen molar-refractivity contribution < 1.29 is 9.50 Å². The minimum atomic E-state index is -0.205. The number of benzene rings is 1. The van der Waals surface area contributed by atoms with Crippen LogP contribution in [0.2, 0.25) is 0 Å². The van der Waals surface area contributed by atoms with Crippen molar-refractivity contribution in [3.05, 3.63) is 29.1 Å². The van der Waals surface area contributed by atoms with Crippen LogP contribution in [0.4, 0.5) is 10.1 Å². The molecule has 1 aliphatic rings. The molecule has 18 heavy (non-hydrogen) atoms. The lowest BCUT2D eigenvalue weighted by molar-refractivity contribution is 0.238. The lowest BCUT2D eigenvalue weighted by Gasteiger charge is -2.24. The highest BCUT2D eigenvalue weighted by molar-refractivity contribution is 5.57. The van der Waals surface area contributed by atoms with Crippen molar-refractivity contribution in [2.75, 3.05) is 24.6 Å². The summed E-state index contributed by atoms with van der Waals surface area (Å²) >= 11 is 0. The average Bonchev–Trinajstić information content (AvgIpc) is 2.80. The molecule has 2 rings (SSSR count). The minimum absolute atomic E-state index is 0.191. The molecule has 0 spiro atoms. The van der Waals surface area contributed by atoms with E-state index in [1.807, 2.05) is 13.0 Å². The van der Waals surface area contributed by atoms with E-state index in [9.17, 15) is 9.50 Å². The van der Waals surface area contributed by atoms with Crippen molar-refractivity contribution >= 4 is 5.69 Å². The van der Waals surface area contributed by atoms with Gasteiger partial charge in [-0.05, 0) is 43.5 Å². The number of nitrogens with zero attached hydrogens (tertiary/aromatic N) is 1. The van der Waals surface area contributed by atoms with Crippen molar-refractivity contribution in [2.24, 2.45) is 11.7 Å². The zero-order valence-electron chi connectivity index (χ0n) is 11.0. The molecular formula is C14H21FN2O. The first-order valence-corrected chi connectivity index (χ1v) is 6.44. The lowest BCUT2D eigenvalue weighted by Crippen LogP contribution is -2.23. The molecule has 0 saturated carbocycles. The van der Waals surface area contributed by atoms with Gasteiger partial charge in [0.25, 0.3) is 0 Å². The van der Waals surface area contributed by atoms with Crippen LogP contribution < -0.4 is 10.6 Å². The zero-order valence-corrected chi connectivity index (χ0v) is 11.0. The number of hydrogen-bond donors (Lipinski definition) is 2. The van der Waals surface area contributed by atoms with Crippen molar-refractivity contribution in [3.8, 4) is 0 Å². The first kappa shape index (κ1) is 13.3. The number of hydrogen-bond acceptors (Lipinski definition) is 3. The second kappa shape index (κ2) is 5.24. The molecule has 1 heterocycles. The molecule has 1 fully saturated rings. The van der Waals surface area contributed by atoms with E-state index in [1.54, 1.807) is 13.0 Å². The minimum Gasteiger partial charge on any atom is -0.396 e. The summed E-state index contributed by atoms with van der Waals surface area (Å²) in [7, 11) is 0. The molecule has 0 aromatic heterocycles. The van der Waals surface area contributed by atoms with Gasteiger partial charge >= 0.3 is 0 Å². The van der Waals surface area contributed by atoms with Crippen molar-refractivity contribution in [1.82, 2.24) is 0 Å². The summed E-state index contributed by atoms with van der Waals surface area (Å²) in [6, 6.07) is 3.22. The van der Waals surface area contributed by atoms with E-state index in [4.69, 9.17) is 5.73 Å². The molecule has 1 aromatic rings. The Kier molecular flexibility index (Phi) is 3.88. The summed E-state index contributed by atoms with van der Waals surface area (Å²) in [5.74, 6) is 0.111. The maximum Gasteiger partial charge on any atom is 0.126 e. The van der Waals surface area contributed by atoms with E-state index < -0.39 is 0 Å². The van der Waals surface area contributed by atoms with Crippen LogP contribution in [-0.4, -0.2) is 24.8 Å². The average molecular weight is 252 g/mol. The molecule has 0 aliphatic carbocycles. The Morgan fingerprint density at radius 3 is 2.83 bits per heavy atom. The van der Waals surface area contributed by atoms with Gasteiger partial charge < -0.3 is 15.7 Å². The van der Waals surface area contributed by atoms with Crippen molar-refractivity contribution in [1.29, 1.82) is 0 Å². The number of aliphatic hydroxyl groups excluding tert-OH is 1. The molecule has 1 saturated heterocycles. The molecule has 0 amide bonds. The second-order valence-electron chi connectivity index (χ2n) is 5.23. The standard InChI is InChI=1S/C14H21FN2O/c1-9-5-14(12(10(2)16)6-13(9)15)17-4-3-11(7-17)8-18/h5-6,10-11,18H,3-4,7-8,16H2,1-2H3/t10-,11?/m1/s1. The van der Waals surface area contributed by atoms with Crippen LogP contribution in [0.3, 0.4) is 0 Å². The fourth-order valence-corrected chi connectivity index (χ4v) is 2.52. The van der Waals surface area contributed by atoms with Crippen molar-refractivity contribution in [3.63, 3.8) is 0 Å². The highest BCUT2D eigenvalue weighted by Crippen LogP contribution is 2.32. The van der Waals surface area contributed by atoms with Gasteiger partial charge in [0, 0.05) is 37.3 Å². The predicted octanol–water partition coefficient (Wildman–Crippen LogP) is 1.97. The summed E-state index contributed by atoms with van der Waals surface area (Å²) in [5.41, 5.74) is 8.42.